The lowest BCUT2D eigenvalue weighted by molar-refractivity contribution is -0.184. The Kier molecular flexibility index (Phi) is 6.08. The molecule has 1 fully saturated rings. The standard InChI is InChI=1S/C23H28BrN3O5/c1-11-7-12(2)27-22(29)16(11)9-26-21(28)15-8-17(24)20-19(13(15)3)31-23(4,32-20)18-6-5-14(25)10-30-18/h7-8,14,18H,5-6,9-10,25H2,1-4H3,(H,26,28)(H,27,29)/t14-,18+,23?/m1/s1. The van der Waals surface area contributed by atoms with Crippen molar-refractivity contribution < 1.29 is 19.0 Å². The number of amides is 1. The van der Waals surface area contributed by atoms with Crippen LogP contribution in [-0.2, 0) is 11.3 Å². The van der Waals surface area contributed by atoms with Crippen LogP contribution in [0.5, 0.6) is 11.5 Å². The second kappa shape index (κ2) is 8.53. The Bertz CT molecular complexity index is 1120. The summed E-state index contributed by atoms with van der Waals surface area (Å²) in [6.45, 7) is 7.91. The molecule has 1 saturated heterocycles. The maximum Gasteiger partial charge on any atom is 0.274 e. The summed E-state index contributed by atoms with van der Waals surface area (Å²) in [6.07, 6.45) is 1.28. The molecule has 2 aromatic rings. The van der Waals surface area contributed by atoms with Gasteiger partial charge >= 0.3 is 0 Å². The van der Waals surface area contributed by atoms with Crippen LogP contribution in [0.1, 0.15) is 52.5 Å². The highest BCUT2D eigenvalue weighted by molar-refractivity contribution is 9.10. The van der Waals surface area contributed by atoms with E-state index < -0.39 is 5.79 Å². The fraction of sp³-hybridized carbons (Fsp3) is 0.478. The Morgan fingerprint density at radius 1 is 1.25 bits per heavy atom. The van der Waals surface area contributed by atoms with Crippen molar-refractivity contribution in [3.63, 3.8) is 0 Å². The van der Waals surface area contributed by atoms with Gasteiger partial charge < -0.3 is 30.2 Å². The number of ether oxygens (including phenoxy) is 3. The van der Waals surface area contributed by atoms with E-state index >= 15 is 0 Å². The van der Waals surface area contributed by atoms with E-state index in [4.69, 9.17) is 19.9 Å². The molecule has 0 saturated carbocycles. The lowest BCUT2D eigenvalue weighted by Gasteiger charge is -2.36. The Labute approximate surface area is 194 Å². The summed E-state index contributed by atoms with van der Waals surface area (Å²) in [5.74, 6) is -0.250. The number of aryl methyl sites for hydroxylation is 2. The first kappa shape index (κ1) is 22.8. The van der Waals surface area contributed by atoms with E-state index in [1.54, 1.807) is 6.07 Å². The van der Waals surface area contributed by atoms with Crippen molar-refractivity contribution in [1.29, 1.82) is 0 Å². The zero-order valence-corrected chi connectivity index (χ0v) is 20.2. The van der Waals surface area contributed by atoms with Gasteiger partial charge in [0.15, 0.2) is 11.5 Å². The van der Waals surface area contributed by atoms with Crippen molar-refractivity contribution in [3.05, 3.63) is 54.9 Å². The summed E-state index contributed by atoms with van der Waals surface area (Å²) in [7, 11) is 0. The molecule has 0 radical (unpaired) electrons. The van der Waals surface area contributed by atoms with Gasteiger partial charge in [0.25, 0.3) is 17.3 Å². The van der Waals surface area contributed by atoms with Crippen LogP contribution in [0.4, 0.5) is 0 Å². The molecule has 2 aliphatic rings. The third-order valence-corrected chi connectivity index (χ3v) is 6.70. The van der Waals surface area contributed by atoms with Crippen LogP contribution in [-0.4, -0.2) is 35.4 Å². The third kappa shape index (κ3) is 4.16. The van der Waals surface area contributed by atoms with Gasteiger partial charge in [0.2, 0.25) is 0 Å². The fourth-order valence-corrected chi connectivity index (χ4v) is 4.75. The predicted molar refractivity (Wildman–Crippen MR) is 123 cm³/mol. The molecule has 4 N–H and O–H groups in total. The second-order valence-corrected chi connectivity index (χ2v) is 9.55. The Hall–Kier alpha value is -2.36. The van der Waals surface area contributed by atoms with Crippen molar-refractivity contribution in [2.24, 2.45) is 5.73 Å². The Morgan fingerprint density at radius 2 is 1.97 bits per heavy atom. The van der Waals surface area contributed by atoms with Crippen LogP contribution in [0, 0.1) is 20.8 Å². The molecule has 1 aromatic carbocycles. The number of pyridine rings is 1. The van der Waals surface area contributed by atoms with Gasteiger partial charge in [0.05, 0.1) is 11.1 Å². The van der Waals surface area contributed by atoms with E-state index in [1.807, 2.05) is 33.8 Å². The van der Waals surface area contributed by atoms with E-state index in [0.717, 1.165) is 24.1 Å². The van der Waals surface area contributed by atoms with Crippen molar-refractivity contribution in [2.45, 2.75) is 65.0 Å². The number of aromatic amines is 1. The number of carbonyl (C=O) groups is 1. The SMILES string of the molecule is Cc1cc(C)c(CNC(=O)c2cc(Br)c3c(c2C)OC(C)([C@@H]2CC[C@@H](N)CO2)O3)c(=O)[nH]1. The van der Waals surface area contributed by atoms with Crippen LogP contribution in [0.2, 0.25) is 0 Å². The summed E-state index contributed by atoms with van der Waals surface area (Å²) in [6, 6.07) is 3.61. The monoisotopic (exact) mass is 505 g/mol. The highest BCUT2D eigenvalue weighted by Crippen LogP contribution is 2.49. The molecule has 172 valence electrons. The predicted octanol–water partition coefficient (Wildman–Crippen LogP) is 2.99. The molecule has 3 heterocycles. The van der Waals surface area contributed by atoms with E-state index in [9.17, 15) is 9.59 Å². The number of fused-ring (bicyclic) bond motifs is 1. The molecule has 2 aliphatic heterocycles. The molecule has 0 spiro atoms. The number of nitrogens with one attached hydrogen (secondary N) is 2. The zero-order chi connectivity index (χ0) is 23.2. The molecule has 1 unspecified atom stereocenters. The summed E-state index contributed by atoms with van der Waals surface area (Å²) < 4.78 is 18.9. The highest BCUT2D eigenvalue weighted by Gasteiger charge is 2.48. The van der Waals surface area contributed by atoms with Crippen LogP contribution < -0.4 is 26.1 Å². The average Bonchev–Trinajstić information content (AvgIpc) is 3.10. The smallest absolute Gasteiger partial charge is 0.274 e. The molecule has 1 amide bonds. The number of hydrogen-bond donors (Lipinski definition) is 3. The summed E-state index contributed by atoms with van der Waals surface area (Å²) in [5.41, 5.74) is 8.98. The Morgan fingerprint density at radius 3 is 2.62 bits per heavy atom. The minimum atomic E-state index is -1.00. The molecule has 32 heavy (non-hydrogen) atoms. The van der Waals surface area contributed by atoms with Crippen LogP contribution in [0.25, 0.3) is 0 Å². The van der Waals surface area contributed by atoms with Gasteiger partial charge in [-0.3, -0.25) is 9.59 Å². The molecular weight excluding hydrogens is 478 g/mol. The number of rotatable bonds is 4. The van der Waals surface area contributed by atoms with Gasteiger partial charge in [-0.1, -0.05) is 0 Å². The summed E-state index contributed by atoms with van der Waals surface area (Å²) >= 11 is 3.51. The van der Waals surface area contributed by atoms with Gasteiger partial charge in [0, 0.05) is 41.9 Å². The normalized spacial score (nSPS) is 24.4. The average molecular weight is 506 g/mol. The molecule has 0 aliphatic carbocycles. The Balaban J connectivity index is 1.55. The first-order chi connectivity index (χ1) is 15.1. The lowest BCUT2D eigenvalue weighted by atomic mass is 10.00. The third-order valence-electron chi connectivity index (χ3n) is 6.11. The van der Waals surface area contributed by atoms with E-state index in [0.29, 0.717) is 39.3 Å². The highest BCUT2D eigenvalue weighted by atomic mass is 79.9. The molecule has 3 atom stereocenters. The van der Waals surface area contributed by atoms with Crippen LogP contribution in [0.3, 0.4) is 0 Å². The largest absolute Gasteiger partial charge is 0.446 e. The molecule has 8 nitrogen and oxygen atoms in total. The van der Waals surface area contributed by atoms with Crippen molar-refractivity contribution in [3.8, 4) is 11.5 Å². The molecule has 9 heteroatoms. The van der Waals surface area contributed by atoms with Crippen molar-refractivity contribution >= 4 is 21.8 Å². The lowest BCUT2D eigenvalue weighted by Crippen LogP contribution is -2.52. The van der Waals surface area contributed by atoms with Crippen molar-refractivity contribution in [1.82, 2.24) is 10.3 Å². The topological polar surface area (TPSA) is 116 Å². The first-order valence-corrected chi connectivity index (χ1v) is 11.4. The fourth-order valence-electron chi connectivity index (χ4n) is 4.26. The van der Waals surface area contributed by atoms with E-state index in [-0.39, 0.29) is 30.2 Å². The van der Waals surface area contributed by atoms with Gasteiger partial charge in [-0.25, -0.2) is 0 Å². The molecule has 4 rings (SSSR count). The maximum absolute atomic E-state index is 13.0. The van der Waals surface area contributed by atoms with Crippen molar-refractivity contribution in [2.75, 3.05) is 6.61 Å². The van der Waals surface area contributed by atoms with Gasteiger partial charge in [-0.15, -0.1) is 0 Å². The zero-order valence-electron chi connectivity index (χ0n) is 18.6. The number of carbonyl (C=O) groups excluding carboxylic acids is 1. The molecule has 0 bridgehead atoms. The number of halogens is 1. The number of aromatic nitrogens is 1. The maximum atomic E-state index is 13.0. The van der Waals surface area contributed by atoms with Gasteiger partial charge in [0.1, 0.15) is 6.10 Å². The van der Waals surface area contributed by atoms with E-state index in [2.05, 4.69) is 26.2 Å². The van der Waals surface area contributed by atoms with E-state index in [1.165, 1.54) is 0 Å². The minimum absolute atomic E-state index is 0.0202. The first-order valence-electron chi connectivity index (χ1n) is 10.6. The number of H-pyrrole nitrogens is 1. The summed E-state index contributed by atoms with van der Waals surface area (Å²) in [5, 5.41) is 2.85. The second-order valence-electron chi connectivity index (χ2n) is 8.69. The number of nitrogens with two attached hydrogens (primary N) is 1. The quantitative estimate of drug-likeness (QED) is 0.588. The molecule has 1 aromatic heterocycles. The van der Waals surface area contributed by atoms with Gasteiger partial charge in [-0.05, 0) is 67.2 Å². The number of hydrogen-bond acceptors (Lipinski definition) is 6. The minimum Gasteiger partial charge on any atom is -0.446 e. The molecular formula is C23H28BrN3O5. The van der Waals surface area contributed by atoms with Gasteiger partial charge in [-0.2, -0.15) is 0 Å². The summed E-state index contributed by atoms with van der Waals surface area (Å²) in [4.78, 5) is 28.0. The number of benzene rings is 1. The van der Waals surface area contributed by atoms with Crippen LogP contribution >= 0.6 is 15.9 Å². The van der Waals surface area contributed by atoms with Crippen LogP contribution in [0.15, 0.2) is 21.4 Å².